The number of aliphatic hydroxyl groups is 1. The molecule has 8 nitrogen and oxygen atoms in total. The summed E-state index contributed by atoms with van der Waals surface area (Å²) >= 11 is 0. The Kier molecular flexibility index (Phi) is 7.01. The maximum absolute atomic E-state index is 14.0. The third-order valence-corrected chi connectivity index (χ3v) is 4.58. The molecular weight excluding hydrogens is 382 g/mol. The van der Waals surface area contributed by atoms with Crippen LogP contribution in [0.4, 0.5) is 14.7 Å². The van der Waals surface area contributed by atoms with Gasteiger partial charge in [-0.2, -0.15) is 4.52 Å². The molecular formula is C19H22F2N6O2. The lowest BCUT2D eigenvalue weighted by Gasteiger charge is -2.23. The highest BCUT2D eigenvalue weighted by molar-refractivity contribution is 5.92. The van der Waals surface area contributed by atoms with Crippen molar-refractivity contribution in [1.29, 1.82) is 0 Å². The van der Waals surface area contributed by atoms with Crippen molar-refractivity contribution in [2.75, 3.05) is 19.4 Å². The molecule has 0 spiro atoms. The number of aliphatic hydroxyl groups excluding tert-OH is 1. The van der Waals surface area contributed by atoms with Crippen LogP contribution in [0.3, 0.4) is 0 Å². The Bertz CT molecular complexity index is 1050. The van der Waals surface area contributed by atoms with Gasteiger partial charge in [-0.25, -0.2) is 18.7 Å². The second-order valence-corrected chi connectivity index (χ2v) is 6.42. The van der Waals surface area contributed by atoms with Gasteiger partial charge in [0.1, 0.15) is 17.9 Å². The number of anilines is 1. The van der Waals surface area contributed by atoms with Crippen LogP contribution in [-0.4, -0.2) is 55.2 Å². The number of hydrogen-bond acceptors (Lipinski definition) is 6. The molecule has 3 rings (SSSR count). The van der Waals surface area contributed by atoms with Crippen LogP contribution in [0.5, 0.6) is 0 Å². The van der Waals surface area contributed by atoms with Crippen LogP contribution in [0.25, 0.3) is 16.6 Å². The molecule has 0 fully saturated rings. The first-order valence-electron chi connectivity index (χ1n) is 8.81. The molecule has 0 bridgehead atoms. The number of benzene rings is 1. The molecule has 0 radical (unpaired) electrons. The molecule has 10 heteroatoms. The largest absolute Gasteiger partial charge is 0.387 e. The van der Waals surface area contributed by atoms with Gasteiger partial charge in [0, 0.05) is 25.6 Å². The van der Waals surface area contributed by atoms with Crippen molar-refractivity contribution < 1.29 is 18.7 Å². The van der Waals surface area contributed by atoms with Crippen LogP contribution < -0.4 is 5.73 Å². The first-order valence-corrected chi connectivity index (χ1v) is 8.81. The van der Waals surface area contributed by atoms with Crippen LogP contribution in [0.2, 0.25) is 0 Å². The van der Waals surface area contributed by atoms with Crippen LogP contribution >= 0.6 is 0 Å². The minimum absolute atomic E-state index is 0.0385. The van der Waals surface area contributed by atoms with Crippen molar-refractivity contribution in [3.05, 3.63) is 29.6 Å². The third-order valence-electron chi connectivity index (χ3n) is 4.58. The van der Waals surface area contributed by atoms with Gasteiger partial charge in [-0.15, -0.1) is 17.9 Å². The Labute approximate surface area is 166 Å². The number of halogens is 2. The Morgan fingerprint density at radius 3 is 2.69 bits per heavy atom. The predicted octanol–water partition coefficient (Wildman–Crippen LogP) is 1.55. The number of terminal acetylenes is 1. The van der Waals surface area contributed by atoms with Gasteiger partial charge in [-0.1, -0.05) is 0 Å². The summed E-state index contributed by atoms with van der Waals surface area (Å²) in [6.45, 7) is 1.35. The van der Waals surface area contributed by atoms with Gasteiger partial charge in [0.15, 0.2) is 17.3 Å². The van der Waals surface area contributed by atoms with Crippen LogP contribution in [-0.2, 0) is 11.2 Å². The van der Waals surface area contributed by atoms with E-state index in [4.69, 9.17) is 10.8 Å². The topological polar surface area (TPSA) is 110 Å². The number of aryl methyl sites for hydroxylation is 1. The number of likely N-dealkylation sites (N-methyl/N-ethyl adjacent to an activating group) is 1. The quantitative estimate of drug-likeness (QED) is 0.604. The summed E-state index contributed by atoms with van der Waals surface area (Å²) in [5.41, 5.74) is 6.01. The number of rotatable bonds is 6. The molecule has 3 N–H and O–H groups in total. The van der Waals surface area contributed by atoms with Crippen molar-refractivity contribution in [2.45, 2.75) is 32.2 Å². The van der Waals surface area contributed by atoms with E-state index >= 15 is 0 Å². The number of aromatic nitrogens is 4. The number of carbonyl (C=O) groups is 1. The second kappa shape index (κ2) is 9.25. The molecule has 154 valence electrons. The van der Waals surface area contributed by atoms with Crippen LogP contribution in [0.1, 0.15) is 25.6 Å². The van der Waals surface area contributed by atoms with E-state index in [1.165, 1.54) is 9.42 Å². The lowest BCUT2D eigenvalue weighted by atomic mass is 10.1. The van der Waals surface area contributed by atoms with Gasteiger partial charge in [0.05, 0.1) is 5.39 Å². The SMILES string of the molecule is C#C.C[C@@H](CCCc1nc2c3cc(F)cc(F)c3nc(N)n2n1)N(C)C(=O)CO. The fourth-order valence-electron chi connectivity index (χ4n) is 2.91. The van der Waals surface area contributed by atoms with E-state index in [0.717, 1.165) is 12.1 Å². The molecule has 1 aromatic carbocycles. The summed E-state index contributed by atoms with van der Waals surface area (Å²) in [6, 6.07) is 1.84. The summed E-state index contributed by atoms with van der Waals surface area (Å²) in [7, 11) is 1.63. The van der Waals surface area contributed by atoms with Crippen LogP contribution in [0.15, 0.2) is 12.1 Å². The molecule has 0 aliphatic carbocycles. The first kappa shape index (κ1) is 22.0. The van der Waals surface area contributed by atoms with Gasteiger partial charge >= 0.3 is 0 Å². The van der Waals surface area contributed by atoms with Gasteiger partial charge in [0.25, 0.3) is 0 Å². The molecule has 1 atom stereocenters. The maximum Gasteiger partial charge on any atom is 0.248 e. The summed E-state index contributed by atoms with van der Waals surface area (Å²) in [5, 5.41) is 13.4. The molecule has 0 saturated heterocycles. The van der Waals surface area contributed by atoms with E-state index in [0.29, 0.717) is 25.1 Å². The lowest BCUT2D eigenvalue weighted by Crippen LogP contribution is -2.36. The maximum atomic E-state index is 14.0. The summed E-state index contributed by atoms with van der Waals surface area (Å²) in [4.78, 5) is 21.3. The van der Waals surface area contributed by atoms with Crippen molar-refractivity contribution >= 4 is 28.4 Å². The van der Waals surface area contributed by atoms with Crippen molar-refractivity contribution in [1.82, 2.24) is 24.5 Å². The molecule has 0 unspecified atom stereocenters. The molecule has 29 heavy (non-hydrogen) atoms. The number of fused-ring (bicyclic) bond motifs is 3. The Morgan fingerprint density at radius 1 is 1.34 bits per heavy atom. The molecule has 0 aliphatic heterocycles. The summed E-state index contributed by atoms with van der Waals surface area (Å²) in [5.74, 6) is -1.47. The number of carbonyl (C=O) groups excluding carboxylic acids is 1. The van der Waals surface area contributed by atoms with Crippen molar-refractivity contribution in [3.8, 4) is 12.8 Å². The molecule has 3 aromatic rings. The normalized spacial score (nSPS) is 11.8. The van der Waals surface area contributed by atoms with E-state index in [-0.39, 0.29) is 34.4 Å². The van der Waals surface area contributed by atoms with Gasteiger partial charge in [-0.3, -0.25) is 4.79 Å². The number of amides is 1. The Balaban J connectivity index is 0.00000145. The van der Waals surface area contributed by atoms with E-state index in [9.17, 15) is 13.6 Å². The fourth-order valence-corrected chi connectivity index (χ4v) is 2.91. The van der Waals surface area contributed by atoms with Crippen molar-refractivity contribution in [2.24, 2.45) is 0 Å². The zero-order valence-corrected chi connectivity index (χ0v) is 16.1. The fraction of sp³-hybridized carbons (Fsp3) is 0.368. The smallest absolute Gasteiger partial charge is 0.248 e. The summed E-state index contributed by atoms with van der Waals surface area (Å²) in [6.07, 6.45) is 9.84. The number of nitrogens with two attached hydrogens (primary N) is 1. The molecule has 2 heterocycles. The van der Waals surface area contributed by atoms with E-state index in [1.807, 2.05) is 6.92 Å². The minimum atomic E-state index is -0.811. The van der Waals surface area contributed by atoms with Gasteiger partial charge in [-0.05, 0) is 25.8 Å². The third kappa shape index (κ3) is 4.57. The minimum Gasteiger partial charge on any atom is -0.387 e. The Morgan fingerprint density at radius 2 is 2.03 bits per heavy atom. The van der Waals surface area contributed by atoms with E-state index < -0.39 is 18.2 Å². The highest BCUT2D eigenvalue weighted by atomic mass is 19.1. The number of hydrogen-bond donors (Lipinski definition) is 2. The molecule has 1 amide bonds. The van der Waals surface area contributed by atoms with Gasteiger partial charge in [0.2, 0.25) is 11.9 Å². The lowest BCUT2D eigenvalue weighted by molar-refractivity contribution is -0.134. The van der Waals surface area contributed by atoms with E-state index in [1.54, 1.807) is 7.05 Å². The predicted molar refractivity (Wildman–Crippen MR) is 105 cm³/mol. The average Bonchev–Trinajstić information content (AvgIpc) is 3.14. The van der Waals surface area contributed by atoms with Crippen LogP contribution in [0, 0.1) is 24.5 Å². The average molecular weight is 404 g/mol. The summed E-state index contributed by atoms with van der Waals surface area (Å²) < 4.78 is 28.8. The zero-order chi connectivity index (χ0) is 21.7. The molecule has 0 saturated carbocycles. The van der Waals surface area contributed by atoms with E-state index in [2.05, 4.69) is 27.9 Å². The first-order chi connectivity index (χ1) is 13.8. The van der Waals surface area contributed by atoms with Gasteiger partial charge < -0.3 is 15.7 Å². The second-order valence-electron chi connectivity index (χ2n) is 6.42. The standard InChI is InChI=1S/C17H20F2N6O2.C2H2/c1-9(24(2)14(27)8-26)4-3-5-13-21-16-11-6-10(18)7-12(19)15(11)22-17(20)25(16)23-13;1-2/h6-7,9,26H,3-5,8H2,1-2H3,(H2,20,22);1-2H/t9-;/m0./s1. The molecule has 0 aliphatic rings. The monoisotopic (exact) mass is 404 g/mol. The highest BCUT2D eigenvalue weighted by Gasteiger charge is 2.17. The number of nitrogens with zero attached hydrogens (tertiary/aromatic N) is 5. The molecule has 2 aromatic heterocycles. The highest BCUT2D eigenvalue weighted by Crippen LogP contribution is 2.23. The van der Waals surface area contributed by atoms with Crippen molar-refractivity contribution in [3.63, 3.8) is 0 Å². The zero-order valence-electron chi connectivity index (χ0n) is 16.1. The number of nitrogen functional groups attached to an aromatic ring is 1. The Hall–Kier alpha value is -3.32.